The first kappa shape index (κ1) is 20.5. The Morgan fingerprint density at radius 2 is 2.22 bits per heavy atom. The Morgan fingerprint density at radius 3 is 2.85 bits per heavy atom. The van der Waals surface area contributed by atoms with Gasteiger partial charge in [0.05, 0.1) is 19.5 Å². The fourth-order valence-corrected chi connectivity index (χ4v) is 3.48. The SMILES string of the molecule is CCOc1nc(N)nc2c1ncn2C1OC(COP(=O)(Cl)Cl)[C@@H](O)[C@@]1(C)F. The van der Waals surface area contributed by atoms with E-state index in [1.54, 1.807) is 6.92 Å². The van der Waals surface area contributed by atoms with E-state index in [-0.39, 0.29) is 23.0 Å². The molecule has 2 aromatic heterocycles. The predicted octanol–water partition coefficient (Wildman–Crippen LogP) is 2.40. The Bertz CT molecular complexity index is 893. The molecule has 0 aromatic carbocycles. The van der Waals surface area contributed by atoms with E-state index in [9.17, 15) is 9.67 Å². The summed E-state index contributed by atoms with van der Waals surface area (Å²) in [6, 6.07) is 0. The highest BCUT2D eigenvalue weighted by atomic mass is 35.9. The van der Waals surface area contributed by atoms with Crippen LogP contribution in [0.1, 0.15) is 20.1 Å². The van der Waals surface area contributed by atoms with Gasteiger partial charge in [-0.3, -0.25) is 9.13 Å². The van der Waals surface area contributed by atoms with Gasteiger partial charge < -0.3 is 24.8 Å². The molecule has 3 N–H and O–H groups in total. The normalized spacial score (nSPS) is 28.7. The molecule has 0 bridgehead atoms. The highest BCUT2D eigenvalue weighted by Gasteiger charge is 2.55. The summed E-state index contributed by atoms with van der Waals surface area (Å²) in [6.07, 6.45) is -6.73. The van der Waals surface area contributed by atoms with Crippen molar-refractivity contribution < 1.29 is 28.1 Å². The van der Waals surface area contributed by atoms with Gasteiger partial charge in [-0.05, 0) is 36.3 Å². The molecule has 2 aromatic rings. The standard InChI is InChI=1S/C13H17Cl2FN5O5P/c1-3-24-10-7-9(19-12(17)20-10)21(5-18-7)11-13(2,16)8(22)6(26-11)4-25-27(14,15)23/h5-6,8,11,22H,3-4H2,1-2H3,(H2,17,19,20)/t6?,8-,11?,13-/m1/s1. The number of alkyl halides is 1. The lowest BCUT2D eigenvalue weighted by Crippen LogP contribution is -2.40. The van der Waals surface area contributed by atoms with Gasteiger partial charge in [0.25, 0.3) is 0 Å². The maximum Gasteiger partial charge on any atom is 0.380 e. The van der Waals surface area contributed by atoms with E-state index < -0.39 is 36.8 Å². The average Bonchev–Trinajstić information content (AvgIpc) is 3.05. The van der Waals surface area contributed by atoms with E-state index in [4.69, 9.17) is 42.2 Å². The van der Waals surface area contributed by atoms with Crippen LogP contribution in [-0.2, 0) is 13.8 Å². The first-order valence-corrected chi connectivity index (χ1v) is 11.3. The number of aromatic nitrogens is 4. The molecule has 10 nitrogen and oxygen atoms in total. The summed E-state index contributed by atoms with van der Waals surface area (Å²) in [5, 5.41) is 10.3. The van der Waals surface area contributed by atoms with Gasteiger partial charge in [-0.2, -0.15) is 9.97 Å². The summed E-state index contributed by atoms with van der Waals surface area (Å²) in [5.41, 5.74) is 3.84. The average molecular weight is 444 g/mol. The van der Waals surface area contributed by atoms with E-state index in [2.05, 4.69) is 15.0 Å². The summed E-state index contributed by atoms with van der Waals surface area (Å²) >= 11 is 10.6. The number of aliphatic hydroxyl groups excluding tert-OH is 1. The monoisotopic (exact) mass is 443 g/mol. The zero-order valence-corrected chi connectivity index (χ0v) is 16.7. The number of rotatable bonds is 6. The second-order valence-electron chi connectivity index (χ2n) is 5.98. The van der Waals surface area contributed by atoms with Gasteiger partial charge in [-0.1, -0.05) is 0 Å². The van der Waals surface area contributed by atoms with E-state index in [1.807, 2.05) is 0 Å². The zero-order valence-electron chi connectivity index (χ0n) is 14.3. The molecule has 2 unspecified atom stereocenters. The molecule has 0 spiro atoms. The molecule has 14 heteroatoms. The number of nitrogen functional groups attached to an aromatic ring is 1. The van der Waals surface area contributed by atoms with Crippen LogP contribution in [0, 0.1) is 0 Å². The maximum absolute atomic E-state index is 15.3. The summed E-state index contributed by atoms with van der Waals surface area (Å²) in [7, 11) is 0. The third-order valence-corrected chi connectivity index (χ3v) is 5.08. The number of anilines is 1. The first-order chi connectivity index (χ1) is 12.5. The van der Waals surface area contributed by atoms with Crippen LogP contribution in [0.25, 0.3) is 11.2 Å². The van der Waals surface area contributed by atoms with Crippen LogP contribution in [-0.4, -0.2) is 55.7 Å². The van der Waals surface area contributed by atoms with Crippen molar-refractivity contribution in [3.63, 3.8) is 0 Å². The molecule has 0 radical (unpaired) electrons. The third-order valence-electron chi connectivity index (χ3n) is 4.05. The summed E-state index contributed by atoms with van der Waals surface area (Å²) < 4.78 is 43.5. The number of hydrogen-bond donors (Lipinski definition) is 2. The maximum atomic E-state index is 15.3. The van der Waals surface area contributed by atoms with Crippen LogP contribution < -0.4 is 10.5 Å². The van der Waals surface area contributed by atoms with Gasteiger partial charge >= 0.3 is 6.07 Å². The second kappa shape index (κ2) is 7.31. The molecule has 1 aliphatic heterocycles. The molecule has 1 saturated heterocycles. The summed E-state index contributed by atoms with van der Waals surface area (Å²) in [4.78, 5) is 12.2. The lowest BCUT2D eigenvalue weighted by molar-refractivity contribution is -0.0532. The molecule has 1 aliphatic rings. The number of nitrogens with two attached hydrogens (primary N) is 1. The van der Waals surface area contributed by atoms with E-state index >= 15 is 4.39 Å². The van der Waals surface area contributed by atoms with Gasteiger partial charge in [0.2, 0.25) is 11.8 Å². The second-order valence-corrected chi connectivity index (χ2v) is 10.3. The minimum atomic E-state index is -3.87. The van der Waals surface area contributed by atoms with Crippen molar-refractivity contribution >= 4 is 45.7 Å². The topological polar surface area (TPSA) is 135 Å². The molecule has 27 heavy (non-hydrogen) atoms. The van der Waals surface area contributed by atoms with Crippen LogP contribution in [0.4, 0.5) is 10.3 Å². The number of fused-ring (bicyclic) bond motifs is 1. The molecule has 0 aliphatic carbocycles. The molecule has 1 fully saturated rings. The van der Waals surface area contributed by atoms with Crippen molar-refractivity contribution in [2.24, 2.45) is 0 Å². The molecular formula is C13H17Cl2FN5O5P. The first-order valence-electron chi connectivity index (χ1n) is 7.83. The van der Waals surface area contributed by atoms with Crippen molar-refractivity contribution in [2.75, 3.05) is 18.9 Å². The molecule has 3 heterocycles. The van der Waals surface area contributed by atoms with Gasteiger partial charge in [0, 0.05) is 0 Å². The lowest BCUT2D eigenvalue weighted by atomic mass is 9.98. The summed E-state index contributed by atoms with van der Waals surface area (Å²) in [6.45, 7) is 2.74. The fourth-order valence-electron chi connectivity index (χ4n) is 2.83. The van der Waals surface area contributed by atoms with Crippen molar-refractivity contribution in [3.05, 3.63) is 6.33 Å². The Morgan fingerprint density at radius 1 is 1.52 bits per heavy atom. The largest absolute Gasteiger partial charge is 0.476 e. The van der Waals surface area contributed by atoms with E-state index in [1.165, 1.54) is 10.9 Å². The number of halogens is 3. The predicted molar refractivity (Wildman–Crippen MR) is 95.6 cm³/mol. The number of nitrogens with zero attached hydrogens (tertiary/aromatic N) is 4. The molecule has 4 atom stereocenters. The minimum absolute atomic E-state index is 0.100. The van der Waals surface area contributed by atoms with Gasteiger partial charge in [0.1, 0.15) is 12.2 Å². The fraction of sp³-hybridized carbons (Fsp3) is 0.615. The Balaban J connectivity index is 1.97. The Hall–Kier alpha value is -1.23. The number of hydrogen-bond acceptors (Lipinski definition) is 9. The van der Waals surface area contributed by atoms with Crippen LogP contribution in [0.15, 0.2) is 6.33 Å². The Labute approximate surface area is 162 Å². The number of ether oxygens (including phenoxy) is 2. The van der Waals surface area contributed by atoms with Crippen molar-refractivity contribution in [1.29, 1.82) is 0 Å². The quantitative estimate of drug-likeness (QED) is 0.644. The highest BCUT2D eigenvalue weighted by molar-refractivity contribution is 8.05. The van der Waals surface area contributed by atoms with Crippen molar-refractivity contribution in [2.45, 2.75) is 38.0 Å². The van der Waals surface area contributed by atoms with E-state index in [0.29, 0.717) is 6.61 Å². The van der Waals surface area contributed by atoms with Crippen LogP contribution in [0.2, 0.25) is 0 Å². The Kier molecular flexibility index (Phi) is 5.55. The van der Waals surface area contributed by atoms with Gasteiger partial charge in [-0.15, -0.1) is 0 Å². The molecular weight excluding hydrogens is 427 g/mol. The van der Waals surface area contributed by atoms with Gasteiger partial charge in [-0.25, -0.2) is 9.37 Å². The zero-order chi connectivity index (χ0) is 20.0. The van der Waals surface area contributed by atoms with E-state index in [0.717, 1.165) is 6.92 Å². The molecule has 3 rings (SSSR count). The van der Waals surface area contributed by atoms with Crippen molar-refractivity contribution in [3.8, 4) is 5.88 Å². The number of imidazole rings is 1. The lowest BCUT2D eigenvalue weighted by Gasteiger charge is -2.24. The number of aliphatic hydroxyl groups is 1. The minimum Gasteiger partial charge on any atom is -0.476 e. The van der Waals surface area contributed by atoms with Crippen LogP contribution in [0.5, 0.6) is 5.88 Å². The van der Waals surface area contributed by atoms with Gasteiger partial charge in [0.15, 0.2) is 23.1 Å². The molecule has 0 saturated carbocycles. The van der Waals surface area contributed by atoms with Crippen LogP contribution >= 0.6 is 28.6 Å². The summed E-state index contributed by atoms with van der Waals surface area (Å²) in [5.74, 6) is 0.0415. The van der Waals surface area contributed by atoms with Crippen LogP contribution in [0.3, 0.4) is 0 Å². The van der Waals surface area contributed by atoms with Crippen molar-refractivity contribution in [1.82, 2.24) is 19.5 Å². The smallest absolute Gasteiger partial charge is 0.380 e. The molecule has 150 valence electrons. The highest BCUT2D eigenvalue weighted by Crippen LogP contribution is 2.58. The third kappa shape index (κ3) is 3.98. The molecule has 0 amide bonds.